The topological polar surface area (TPSA) is 83.5 Å². The Kier molecular flexibility index (Phi) is 9.46. The van der Waals surface area contributed by atoms with Crippen molar-refractivity contribution < 1.29 is 26.4 Å². The van der Waals surface area contributed by atoms with Crippen molar-refractivity contribution in [2.45, 2.75) is 52.8 Å². The van der Waals surface area contributed by atoms with E-state index in [4.69, 9.17) is 0 Å². The van der Waals surface area contributed by atoms with E-state index in [-0.39, 0.29) is 10.8 Å². The number of alkyl halides is 3. The van der Waals surface area contributed by atoms with E-state index in [1.807, 2.05) is 35.5 Å². The largest absolute Gasteiger partial charge is 0.391 e. The first-order valence-electron chi connectivity index (χ1n) is 12.8. The number of sulfone groups is 1. The first-order valence-corrected chi connectivity index (χ1v) is 16.3. The number of nitrogens with zero attached hydrogens (tertiary/aromatic N) is 4. The van der Waals surface area contributed by atoms with Crippen LogP contribution in [0.2, 0.25) is 0 Å². The van der Waals surface area contributed by atoms with Crippen LogP contribution < -0.4 is 4.90 Å². The maximum absolute atomic E-state index is 13.4. The average molecular weight is 613 g/mol. The van der Waals surface area contributed by atoms with E-state index in [1.54, 1.807) is 41.4 Å². The molecule has 5 rings (SSSR count). The van der Waals surface area contributed by atoms with Crippen LogP contribution in [0.4, 0.5) is 18.3 Å². The van der Waals surface area contributed by atoms with Gasteiger partial charge in [-0.15, -0.1) is 0 Å². The zero-order valence-corrected chi connectivity index (χ0v) is 24.8. The van der Waals surface area contributed by atoms with Crippen molar-refractivity contribution >= 4 is 44.0 Å². The monoisotopic (exact) mass is 612 g/mol. The predicted octanol–water partition coefficient (Wildman–Crippen LogP) is 6.14. The third-order valence-corrected chi connectivity index (χ3v) is 9.76. The van der Waals surface area contributed by atoms with Gasteiger partial charge in [-0.05, 0) is 48.6 Å². The number of benzene rings is 1. The Labute approximate surface area is 240 Å². The van der Waals surface area contributed by atoms with Crippen molar-refractivity contribution in [1.82, 2.24) is 14.9 Å². The summed E-state index contributed by atoms with van der Waals surface area (Å²) in [5.74, 6) is -0.911. The van der Waals surface area contributed by atoms with Gasteiger partial charge in [0, 0.05) is 61.2 Å². The quantitative estimate of drug-likeness (QED) is 0.331. The molecule has 1 aliphatic heterocycles. The van der Waals surface area contributed by atoms with Crippen molar-refractivity contribution in [2.75, 3.05) is 37.3 Å². The molecule has 216 valence electrons. The van der Waals surface area contributed by atoms with Crippen LogP contribution in [0.25, 0.3) is 0 Å². The van der Waals surface area contributed by atoms with Crippen LogP contribution in [-0.2, 0) is 9.84 Å². The minimum Gasteiger partial charge on any atom is -0.345 e. The highest BCUT2D eigenvalue weighted by atomic mass is 32.2. The zero-order valence-electron chi connectivity index (χ0n) is 22.4. The summed E-state index contributed by atoms with van der Waals surface area (Å²) in [7, 11) is -3.37. The fourth-order valence-corrected chi connectivity index (χ4v) is 6.57. The number of halogens is 3. The van der Waals surface area contributed by atoms with Crippen LogP contribution in [0, 0.1) is 5.92 Å². The molecule has 2 aromatic heterocycles. The van der Waals surface area contributed by atoms with Crippen LogP contribution in [0.5, 0.6) is 0 Å². The lowest BCUT2D eigenvalue weighted by Crippen LogP contribution is -2.49. The molecule has 0 bridgehead atoms. The van der Waals surface area contributed by atoms with Gasteiger partial charge in [-0.25, -0.2) is 13.4 Å². The Bertz CT molecular complexity index is 1420. The second-order valence-electron chi connectivity index (χ2n) is 10.0. The van der Waals surface area contributed by atoms with Crippen LogP contribution in [0.1, 0.15) is 48.5 Å². The van der Waals surface area contributed by atoms with Crippen molar-refractivity contribution in [1.29, 1.82) is 0 Å². The van der Waals surface area contributed by atoms with Gasteiger partial charge in [0.2, 0.25) is 0 Å². The smallest absolute Gasteiger partial charge is 0.345 e. The van der Waals surface area contributed by atoms with Crippen molar-refractivity contribution in [2.24, 2.45) is 5.92 Å². The molecule has 1 saturated heterocycles. The Morgan fingerprint density at radius 2 is 1.77 bits per heavy atom. The lowest BCUT2D eigenvalue weighted by molar-refractivity contribution is -0.164. The lowest BCUT2D eigenvalue weighted by Gasteiger charge is -2.35. The number of pyridine rings is 1. The van der Waals surface area contributed by atoms with E-state index in [9.17, 15) is 26.4 Å². The maximum Gasteiger partial charge on any atom is 0.391 e. The Balaban J connectivity index is 0.000000470. The van der Waals surface area contributed by atoms with Crippen molar-refractivity contribution in [3.63, 3.8) is 0 Å². The Hall–Kier alpha value is -2.64. The molecule has 3 aromatic rings. The second kappa shape index (κ2) is 12.5. The molecule has 1 amide bonds. The van der Waals surface area contributed by atoms with E-state index in [2.05, 4.69) is 14.9 Å². The number of hydrogen-bond donors (Lipinski definition) is 0. The van der Waals surface area contributed by atoms with E-state index in [0.717, 1.165) is 46.5 Å². The minimum atomic E-state index is -4.00. The van der Waals surface area contributed by atoms with E-state index >= 15 is 0 Å². The van der Waals surface area contributed by atoms with E-state index in [1.165, 1.54) is 6.26 Å². The highest BCUT2D eigenvalue weighted by Gasteiger charge is 2.32. The molecule has 1 aromatic carbocycles. The summed E-state index contributed by atoms with van der Waals surface area (Å²) >= 11 is 3.28. The molecule has 1 saturated carbocycles. The molecule has 0 spiro atoms. The number of carbonyl (C=O) groups excluding carboxylic acids is 1. The van der Waals surface area contributed by atoms with E-state index < -0.39 is 21.9 Å². The first-order chi connectivity index (χ1) is 18.8. The minimum absolute atomic E-state index is 0.0750. The molecular formula is C27H31F3N4O3S3. The Morgan fingerprint density at radius 1 is 1.10 bits per heavy atom. The molecule has 0 atom stereocenters. The van der Waals surface area contributed by atoms with Gasteiger partial charge in [-0.1, -0.05) is 43.0 Å². The van der Waals surface area contributed by atoms with Crippen LogP contribution in [0.15, 0.2) is 62.9 Å². The van der Waals surface area contributed by atoms with Gasteiger partial charge in [0.05, 0.1) is 15.3 Å². The Morgan fingerprint density at radius 3 is 2.33 bits per heavy atom. The number of amides is 1. The standard InChI is InChI=1S/C23H24N4O3S3.C4H7F3/c1-33(29,30)18-6-7-19(16-4-5-16)20(13-18)22(28)26-9-11-27(12-10-26)23-25-15-21(32-23)31-17-3-2-8-24-14-17;1-3(2)4(5,6)7/h2-3,6-8,13-16H,4-5,9-12H2,1H3;3H,1-2H3. The summed E-state index contributed by atoms with van der Waals surface area (Å²) in [6.45, 7) is 4.80. The highest BCUT2D eigenvalue weighted by molar-refractivity contribution is 8.01. The number of anilines is 1. The molecule has 0 radical (unpaired) electrons. The number of piperazine rings is 1. The van der Waals surface area contributed by atoms with Crippen LogP contribution >= 0.6 is 23.1 Å². The van der Waals surface area contributed by atoms with Gasteiger partial charge < -0.3 is 9.80 Å². The molecule has 1 aliphatic carbocycles. The zero-order chi connectivity index (χ0) is 29.1. The molecule has 40 heavy (non-hydrogen) atoms. The molecule has 0 N–H and O–H groups in total. The fourth-order valence-electron chi connectivity index (χ4n) is 3.94. The number of thiazole rings is 1. The third-order valence-electron chi connectivity index (χ3n) is 6.52. The van der Waals surface area contributed by atoms with Crippen LogP contribution in [0.3, 0.4) is 0 Å². The first kappa shape index (κ1) is 30.3. The third kappa shape index (κ3) is 7.97. The van der Waals surface area contributed by atoms with Gasteiger partial charge in [-0.2, -0.15) is 13.2 Å². The SMILES string of the molecule is CC(C)C(F)(F)F.CS(=O)(=O)c1ccc(C2CC2)c(C(=O)N2CCN(c3ncc(Sc4cccnc4)s3)CC2)c1. The summed E-state index contributed by atoms with van der Waals surface area (Å²) < 4.78 is 58.7. The number of hydrogen-bond acceptors (Lipinski definition) is 8. The molecule has 2 aliphatic rings. The number of aromatic nitrogens is 2. The lowest BCUT2D eigenvalue weighted by atomic mass is 10.0. The highest BCUT2D eigenvalue weighted by Crippen LogP contribution is 2.42. The van der Waals surface area contributed by atoms with E-state index in [0.29, 0.717) is 37.7 Å². The average Bonchev–Trinajstić information content (AvgIpc) is 3.66. The van der Waals surface area contributed by atoms with Gasteiger partial charge in [-0.3, -0.25) is 9.78 Å². The number of rotatable bonds is 6. The summed E-state index contributed by atoms with van der Waals surface area (Å²) in [5.41, 5.74) is 1.52. The molecule has 2 fully saturated rings. The second-order valence-corrected chi connectivity index (χ2v) is 14.4. The molecule has 13 heteroatoms. The fraction of sp³-hybridized carbons (Fsp3) is 0.444. The summed E-state index contributed by atoms with van der Waals surface area (Å²) in [6, 6.07) is 8.97. The summed E-state index contributed by atoms with van der Waals surface area (Å²) in [5, 5.41) is 0.950. The van der Waals surface area contributed by atoms with Crippen molar-refractivity contribution in [3.8, 4) is 0 Å². The van der Waals surface area contributed by atoms with Crippen molar-refractivity contribution in [3.05, 3.63) is 60.0 Å². The van der Waals surface area contributed by atoms with Crippen LogP contribution in [-0.4, -0.2) is 67.8 Å². The number of carbonyl (C=O) groups is 1. The molecule has 7 nitrogen and oxygen atoms in total. The van der Waals surface area contributed by atoms with Gasteiger partial charge in [0.1, 0.15) is 0 Å². The maximum atomic E-state index is 13.4. The van der Waals surface area contributed by atoms with Gasteiger partial charge in [0.15, 0.2) is 15.0 Å². The molecular weight excluding hydrogens is 582 g/mol. The normalized spacial score (nSPS) is 16.1. The molecule has 0 unspecified atom stereocenters. The van der Waals surface area contributed by atoms with Gasteiger partial charge >= 0.3 is 6.18 Å². The predicted molar refractivity (Wildman–Crippen MR) is 151 cm³/mol. The summed E-state index contributed by atoms with van der Waals surface area (Å²) in [4.78, 5) is 27.4. The summed E-state index contributed by atoms with van der Waals surface area (Å²) in [6.07, 6.45) is 4.76. The van der Waals surface area contributed by atoms with Gasteiger partial charge in [0.25, 0.3) is 5.91 Å². The molecule has 3 heterocycles.